The van der Waals surface area contributed by atoms with E-state index in [9.17, 15) is 37.1 Å². The molecule has 0 spiro atoms. The number of anilines is 4. The van der Waals surface area contributed by atoms with Crippen molar-refractivity contribution in [1.82, 2.24) is 25.0 Å². The number of nitrogens with one attached hydrogen (secondary N) is 2. The lowest BCUT2D eigenvalue weighted by Crippen LogP contribution is -2.54. The summed E-state index contributed by atoms with van der Waals surface area (Å²) in [5.41, 5.74) is 0.308. The van der Waals surface area contributed by atoms with Crippen LogP contribution in [0.2, 0.25) is 0 Å². The number of pyridine rings is 1. The van der Waals surface area contributed by atoms with Gasteiger partial charge in [-0.25, -0.2) is 9.37 Å². The van der Waals surface area contributed by atoms with Gasteiger partial charge in [0, 0.05) is 96.6 Å². The SMILES string of the molecule is N#Cc1ccc(N2CCC(C(=O)Nc3ccc(N4CCC(CN5CCN(C[C@@H]6CCN(c7cc8c(cc7F)C(=O)N(C7CCC(=O)NC7=O)C8=O)C6)CC5)CC4)cn3)CC2)cc1C(F)(F)F. The standard InChI is InChI=1S/C47H52F4N10O5/c48-38-22-35-36(46(66)61(45(35)65)39-4-6-42(62)55-44(39)64)23-40(38)60-14-9-30(28-60)27-57-19-17-56(18-20-57)26-29-7-12-59(13-8-29)34-3-5-41(53-25-34)54-43(63)31-10-15-58(16-11-31)33-2-1-32(24-52)37(21-33)47(49,50)51/h1-3,5,21-23,25,29-31,39H,4,6-20,26-28H2,(H,53,54,63)(H,55,62,64)/t30-,39?/m0/s1. The molecule has 6 aliphatic heterocycles. The van der Waals surface area contributed by atoms with Crippen LogP contribution in [0.4, 0.5) is 40.4 Å². The maximum absolute atomic E-state index is 15.5. The minimum atomic E-state index is -4.63. The Morgan fingerprint density at radius 2 is 1.36 bits per heavy atom. The monoisotopic (exact) mass is 912 g/mol. The lowest BCUT2D eigenvalue weighted by molar-refractivity contribution is -0.138. The number of aromatic nitrogens is 1. The highest BCUT2D eigenvalue weighted by Gasteiger charge is 2.46. The van der Waals surface area contributed by atoms with Gasteiger partial charge < -0.3 is 29.8 Å². The molecule has 2 atom stereocenters. The molecule has 3 aromatic rings. The van der Waals surface area contributed by atoms with Crippen LogP contribution in [-0.4, -0.2) is 134 Å². The van der Waals surface area contributed by atoms with Gasteiger partial charge in [-0.3, -0.25) is 34.2 Å². The molecule has 66 heavy (non-hydrogen) atoms. The molecule has 2 aromatic carbocycles. The van der Waals surface area contributed by atoms with Crippen molar-refractivity contribution in [2.75, 3.05) is 98.6 Å². The molecule has 0 saturated carbocycles. The number of rotatable bonds is 10. The highest BCUT2D eigenvalue weighted by Crippen LogP contribution is 2.37. The lowest BCUT2D eigenvalue weighted by Gasteiger charge is -2.40. The third kappa shape index (κ3) is 9.43. The summed E-state index contributed by atoms with van der Waals surface area (Å²) in [4.78, 5) is 80.2. The molecule has 1 unspecified atom stereocenters. The number of carbonyl (C=O) groups excluding carboxylic acids is 5. The Bertz CT molecular complexity index is 2420. The van der Waals surface area contributed by atoms with Crippen LogP contribution >= 0.6 is 0 Å². The highest BCUT2D eigenvalue weighted by molar-refractivity contribution is 6.23. The first-order valence-corrected chi connectivity index (χ1v) is 22.9. The molecule has 9 rings (SSSR count). The zero-order valence-corrected chi connectivity index (χ0v) is 36.5. The predicted octanol–water partition coefficient (Wildman–Crippen LogP) is 4.73. The number of nitrogens with zero attached hydrogens (tertiary/aromatic N) is 8. The van der Waals surface area contributed by atoms with Crippen LogP contribution in [0.15, 0.2) is 48.7 Å². The van der Waals surface area contributed by atoms with Gasteiger partial charge in [0.1, 0.15) is 17.7 Å². The minimum absolute atomic E-state index is 0.0129. The molecule has 7 heterocycles. The number of imide groups is 2. The van der Waals surface area contributed by atoms with E-state index in [4.69, 9.17) is 5.26 Å². The Kier molecular flexibility index (Phi) is 12.7. The van der Waals surface area contributed by atoms with E-state index in [-0.39, 0.29) is 41.5 Å². The summed E-state index contributed by atoms with van der Waals surface area (Å²) in [7, 11) is 0. The first-order valence-electron chi connectivity index (χ1n) is 22.9. The quantitative estimate of drug-likeness (QED) is 0.213. The van der Waals surface area contributed by atoms with E-state index in [1.807, 2.05) is 21.9 Å². The third-order valence-electron chi connectivity index (χ3n) is 14.3. The Morgan fingerprint density at radius 1 is 0.758 bits per heavy atom. The average Bonchev–Trinajstić information content (AvgIpc) is 3.87. The predicted molar refractivity (Wildman–Crippen MR) is 235 cm³/mol. The average molecular weight is 913 g/mol. The first kappa shape index (κ1) is 45.0. The molecule has 15 nitrogen and oxygen atoms in total. The number of piperidine rings is 3. The van der Waals surface area contributed by atoms with Crippen LogP contribution in [-0.2, 0) is 20.6 Å². The molecule has 0 aliphatic carbocycles. The molecule has 5 saturated heterocycles. The van der Waals surface area contributed by atoms with Gasteiger partial charge in [-0.15, -0.1) is 0 Å². The molecule has 2 N–H and O–H groups in total. The van der Waals surface area contributed by atoms with Crippen LogP contribution in [0.1, 0.15) is 76.8 Å². The van der Waals surface area contributed by atoms with Crippen LogP contribution in [0.5, 0.6) is 0 Å². The number of benzene rings is 2. The van der Waals surface area contributed by atoms with Crippen molar-refractivity contribution in [2.45, 2.75) is 57.2 Å². The van der Waals surface area contributed by atoms with E-state index >= 15 is 4.39 Å². The zero-order valence-electron chi connectivity index (χ0n) is 36.5. The summed E-state index contributed by atoms with van der Waals surface area (Å²) in [5, 5.41) is 14.2. The van der Waals surface area contributed by atoms with E-state index in [0.717, 1.165) is 94.3 Å². The van der Waals surface area contributed by atoms with E-state index in [2.05, 4.69) is 30.3 Å². The maximum atomic E-state index is 15.5. The molecule has 6 aliphatic rings. The van der Waals surface area contributed by atoms with Crippen molar-refractivity contribution in [1.29, 1.82) is 5.26 Å². The van der Waals surface area contributed by atoms with Gasteiger partial charge in [0.15, 0.2) is 0 Å². The fraction of sp³-hybridized carbons (Fsp3) is 0.511. The van der Waals surface area contributed by atoms with E-state index < -0.39 is 52.8 Å². The van der Waals surface area contributed by atoms with Gasteiger partial charge in [-0.2, -0.15) is 18.4 Å². The number of nitriles is 1. The van der Waals surface area contributed by atoms with Crippen LogP contribution in [0.25, 0.3) is 0 Å². The van der Waals surface area contributed by atoms with Crippen LogP contribution < -0.4 is 25.3 Å². The van der Waals surface area contributed by atoms with Crippen molar-refractivity contribution in [3.05, 3.63) is 76.7 Å². The van der Waals surface area contributed by atoms with Gasteiger partial charge in [0.25, 0.3) is 11.8 Å². The smallest absolute Gasteiger partial charge is 0.371 e. The fourth-order valence-electron chi connectivity index (χ4n) is 10.5. The number of fused-ring (bicyclic) bond motifs is 1. The van der Waals surface area contributed by atoms with Crippen molar-refractivity contribution in [3.8, 4) is 6.07 Å². The Balaban J connectivity index is 0.679. The zero-order chi connectivity index (χ0) is 46.3. The number of hydrogen-bond donors (Lipinski definition) is 2. The van der Waals surface area contributed by atoms with Crippen LogP contribution in [0.3, 0.4) is 0 Å². The Labute approximate surface area is 379 Å². The Morgan fingerprint density at radius 3 is 2.00 bits per heavy atom. The topological polar surface area (TPSA) is 166 Å². The lowest BCUT2D eigenvalue weighted by atomic mass is 9.95. The van der Waals surface area contributed by atoms with Crippen molar-refractivity contribution >= 4 is 52.4 Å². The number of halogens is 4. The summed E-state index contributed by atoms with van der Waals surface area (Å²) < 4.78 is 56.0. The largest absolute Gasteiger partial charge is 0.417 e. The van der Waals surface area contributed by atoms with Gasteiger partial charge in [0.05, 0.1) is 45.9 Å². The minimum Gasteiger partial charge on any atom is -0.371 e. The Hall–Kier alpha value is -6.13. The van der Waals surface area contributed by atoms with E-state index in [1.165, 1.54) is 18.2 Å². The molecule has 348 valence electrons. The second-order valence-electron chi connectivity index (χ2n) is 18.4. The first-order chi connectivity index (χ1) is 31.7. The van der Waals surface area contributed by atoms with Crippen molar-refractivity contribution in [3.63, 3.8) is 0 Å². The van der Waals surface area contributed by atoms with Crippen molar-refractivity contribution in [2.24, 2.45) is 17.8 Å². The molecule has 5 amide bonds. The molecule has 1 aromatic heterocycles. The van der Waals surface area contributed by atoms with Crippen LogP contribution in [0, 0.1) is 34.9 Å². The number of carbonyl (C=O) groups is 5. The maximum Gasteiger partial charge on any atom is 0.417 e. The molecular formula is C47H52F4N10O5. The number of piperazine rings is 1. The summed E-state index contributed by atoms with van der Waals surface area (Å²) in [6, 6.07) is 10.6. The highest BCUT2D eigenvalue weighted by atomic mass is 19.4. The normalized spacial score (nSPS) is 22.8. The second-order valence-corrected chi connectivity index (χ2v) is 18.4. The summed E-state index contributed by atoms with van der Waals surface area (Å²) in [6.45, 7) is 9.70. The molecule has 5 fully saturated rings. The van der Waals surface area contributed by atoms with E-state index in [1.54, 1.807) is 12.3 Å². The summed E-state index contributed by atoms with van der Waals surface area (Å²) in [5.74, 6) is -2.21. The van der Waals surface area contributed by atoms with Crippen molar-refractivity contribution < 1.29 is 41.5 Å². The van der Waals surface area contributed by atoms with E-state index in [0.29, 0.717) is 62.4 Å². The van der Waals surface area contributed by atoms with Gasteiger partial charge in [-0.1, -0.05) is 0 Å². The fourth-order valence-corrected chi connectivity index (χ4v) is 10.5. The summed E-state index contributed by atoms with van der Waals surface area (Å²) >= 11 is 0. The molecule has 0 radical (unpaired) electrons. The number of hydrogen-bond acceptors (Lipinski definition) is 12. The second kappa shape index (κ2) is 18.6. The van der Waals surface area contributed by atoms with Gasteiger partial charge >= 0.3 is 6.18 Å². The number of amides is 5. The molecular weight excluding hydrogens is 861 g/mol. The third-order valence-corrected chi connectivity index (χ3v) is 14.3. The van der Waals surface area contributed by atoms with Gasteiger partial charge in [0.2, 0.25) is 17.7 Å². The molecule has 19 heteroatoms. The summed E-state index contributed by atoms with van der Waals surface area (Å²) in [6.07, 6.45) is 1.16. The number of alkyl halides is 3. The van der Waals surface area contributed by atoms with Gasteiger partial charge in [-0.05, 0) is 92.8 Å². The molecule has 0 bridgehead atoms.